The summed E-state index contributed by atoms with van der Waals surface area (Å²) in [4.78, 5) is 22.5. The summed E-state index contributed by atoms with van der Waals surface area (Å²) >= 11 is 0. The molecule has 0 aliphatic heterocycles. The molecule has 3 atom stereocenters. The Kier molecular flexibility index (Phi) is 10.5. The van der Waals surface area contributed by atoms with Crippen molar-refractivity contribution in [2.24, 2.45) is 5.92 Å². The van der Waals surface area contributed by atoms with Crippen LogP contribution in [0.4, 0.5) is 0 Å². The summed E-state index contributed by atoms with van der Waals surface area (Å²) in [6.07, 6.45) is 5.20. The third-order valence-corrected chi connectivity index (χ3v) is 3.51. The van der Waals surface area contributed by atoms with Crippen LogP contribution in [0.15, 0.2) is 11.6 Å². The number of hydrogen-bond acceptors (Lipinski definition) is 4. The molecule has 0 saturated carbocycles. The molecule has 0 saturated heterocycles. The molecule has 5 nitrogen and oxygen atoms in total. The average Bonchev–Trinajstić information content (AvgIpc) is 2.44. The second-order valence-corrected chi connectivity index (χ2v) is 5.66. The van der Waals surface area contributed by atoms with Crippen molar-refractivity contribution in [3.8, 4) is 0 Å². The van der Waals surface area contributed by atoms with Gasteiger partial charge in [-0.25, -0.2) is 4.79 Å². The second-order valence-electron chi connectivity index (χ2n) is 5.66. The molecule has 0 aromatic carbocycles. The summed E-state index contributed by atoms with van der Waals surface area (Å²) in [7, 11) is 0. The van der Waals surface area contributed by atoms with Crippen molar-refractivity contribution in [3.63, 3.8) is 0 Å². The van der Waals surface area contributed by atoms with E-state index in [-0.39, 0.29) is 23.8 Å². The maximum atomic E-state index is 11.5. The molecule has 5 heteroatoms. The molecule has 0 aromatic heterocycles. The third-order valence-electron chi connectivity index (χ3n) is 3.51. The van der Waals surface area contributed by atoms with E-state index in [1.165, 1.54) is 32.3 Å². The van der Waals surface area contributed by atoms with Gasteiger partial charge in [0.1, 0.15) is 0 Å². The fourth-order valence-electron chi connectivity index (χ4n) is 2.38. The van der Waals surface area contributed by atoms with Crippen LogP contribution >= 0.6 is 0 Å². The Morgan fingerprint density at radius 2 is 1.91 bits per heavy atom. The summed E-state index contributed by atoms with van der Waals surface area (Å²) < 4.78 is 4.89. The number of ether oxygens (including phenoxy) is 1. The molecule has 1 rings (SSSR count). The van der Waals surface area contributed by atoms with Crippen LogP contribution in [-0.4, -0.2) is 35.7 Å². The average molecular weight is 313 g/mol. The molecule has 0 radical (unpaired) electrons. The van der Waals surface area contributed by atoms with Gasteiger partial charge in [0.25, 0.3) is 0 Å². The van der Waals surface area contributed by atoms with Crippen molar-refractivity contribution >= 4 is 11.9 Å². The van der Waals surface area contributed by atoms with Gasteiger partial charge in [0.2, 0.25) is 5.91 Å². The van der Waals surface area contributed by atoms with Crippen LogP contribution in [0.3, 0.4) is 0 Å². The summed E-state index contributed by atoms with van der Waals surface area (Å²) in [6.45, 7) is 9.77. The predicted molar refractivity (Wildman–Crippen MR) is 87.3 cm³/mol. The highest BCUT2D eigenvalue weighted by atomic mass is 16.5. The largest absolute Gasteiger partial charge is 0.463 e. The molecule has 1 amide bonds. The molecule has 1 aliphatic rings. The van der Waals surface area contributed by atoms with E-state index in [4.69, 9.17) is 4.74 Å². The number of nitrogens with one attached hydrogen (secondary N) is 1. The zero-order chi connectivity index (χ0) is 17.1. The number of rotatable bonds is 5. The van der Waals surface area contributed by atoms with E-state index in [2.05, 4.69) is 19.2 Å². The van der Waals surface area contributed by atoms with Crippen LogP contribution in [0, 0.1) is 5.92 Å². The second kappa shape index (κ2) is 11.2. The molecule has 0 spiro atoms. The Labute approximate surface area is 134 Å². The smallest absolute Gasteiger partial charge is 0.333 e. The Hall–Kier alpha value is -1.36. The molecule has 0 fully saturated rings. The van der Waals surface area contributed by atoms with Crippen molar-refractivity contribution in [2.45, 2.75) is 72.4 Å². The monoisotopic (exact) mass is 313 g/mol. The number of unbranched alkanes of at least 4 members (excludes halogenated alkanes) is 2. The quantitative estimate of drug-likeness (QED) is 0.765. The van der Waals surface area contributed by atoms with Crippen molar-refractivity contribution in [1.29, 1.82) is 0 Å². The van der Waals surface area contributed by atoms with E-state index in [0.717, 1.165) is 0 Å². The van der Waals surface area contributed by atoms with Crippen LogP contribution in [-0.2, 0) is 14.3 Å². The number of aliphatic hydroxyl groups excluding tert-OH is 1. The number of aliphatic hydroxyl groups is 1. The molecule has 22 heavy (non-hydrogen) atoms. The lowest BCUT2D eigenvalue weighted by Crippen LogP contribution is -2.48. The van der Waals surface area contributed by atoms with Gasteiger partial charge in [0.05, 0.1) is 18.8 Å². The first kappa shape index (κ1) is 20.6. The van der Waals surface area contributed by atoms with Crippen molar-refractivity contribution in [1.82, 2.24) is 5.32 Å². The van der Waals surface area contributed by atoms with E-state index in [1.807, 2.05) is 6.92 Å². The van der Waals surface area contributed by atoms with Crippen LogP contribution in [0.1, 0.15) is 60.3 Å². The number of amides is 1. The number of carbonyl (C=O) groups excluding carboxylic acids is 2. The summed E-state index contributed by atoms with van der Waals surface area (Å²) in [5.41, 5.74) is 0.480. The van der Waals surface area contributed by atoms with Crippen molar-refractivity contribution < 1.29 is 19.4 Å². The van der Waals surface area contributed by atoms with Crippen molar-refractivity contribution in [3.05, 3.63) is 11.6 Å². The Morgan fingerprint density at radius 1 is 1.32 bits per heavy atom. The van der Waals surface area contributed by atoms with E-state index >= 15 is 0 Å². The highest BCUT2D eigenvalue weighted by molar-refractivity contribution is 5.89. The van der Waals surface area contributed by atoms with Gasteiger partial charge >= 0.3 is 5.97 Å². The van der Waals surface area contributed by atoms with Gasteiger partial charge in [0, 0.05) is 12.5 Å². The van der Waals surface area contributed by atoms with E-state index in [1.54, 1.807) is 6.92 Å². The van der Waals surface area contributed by atoms with E-state index < -0.39 is 6.10 Å². The van der Waals surface area contributed by atoms with Gasteiger partial charge < -0.3 is 15.2 Å². The normalized spacial score (nSPS) is 23.7. The van der Waals surface area contributed by atoms with E-state index in [9.17, 15) is 14.7 Å². The predicted octanol–water partition coefficient (Wildman–Crippen LogP) is 2.58. The standard InChI is InChI=1S/C12H19NO4.C5H12/c1-4-17-12(16)9-5-7(2)11(10(15)6-9)13-8(3)14;1-3-5-4-2/h6-7,10-11,15H,4-5H2,1-3H3,(H,13,14);3-5H2,1-2H3/t7-,10+,11+;/m0./s1. The highest BCUT2D eigenvalue weighted by Crippen LogP contribution is 2.25. The maximum Gasteiger partial charge on any atom is 0.333 e. The SMILES string of the molecule is CCCCC.CCOC(=O)C1=C[C@@H](O)[C@H](NC(C)=O)[C@@H](C)C1. The van der Waals surface area contributed by atoms with Crippen LogP contribution < -0.4 is 5.32 Å². The summed E-state index contributed by atoms with van der Waals surface area (Å²) in [6, 6.07) is -0.342. The summed E-state index contributed by atoms with van der Waals surface area (Å²) in [5.74, 6) is -0.577. The minimum atomic E-state index is -0.845. The molecule has 0 aromatic rings. The molecular weight excluding hydrogens is 282 g/mol. The Morgan fingerprint density at radius 3 is 2.27 bits per heavy atom. The first-order chi connectivity index (χ1) is 10.4. The maximum absolute atomic E-state index is 11.5. The lowest BCUT2D eigenvalue weighted by Gasteiger charge is -2.32. The van der Waals surface area contributed by atoms with E-state index in [0.29, 0.717) is 18.6 Å². The third kappa shape index (κ3) is 7.59. The number of esters is 1. The lowest BCUT2D eigenvalue weighted by molar-refractivity contribution is -0.139. The number of carbonyl (C=O) groups is 2. The van der Waals surface area contributed by atoms with Gasteiger partial charge in [-0.2, -0.15) is 0 Å². The van der Waals surface area contributed by atoms with Crippen LogP contribution in [0.2, 0.25) is 0 Å². The van der Waals surface area contributed by atoms with Gasteiger partial charge in [-0.1, -0.05) is 40.0 Å². The van der Waals surface area contributed by atoms with Crippen LogP contribution in [0.25, 0.3) is 0 Å². The van der Waals surface area contributed by atoms with Gasteiger partial charge in [-0.3, -0.25) is 4.79 Å². The fourth-order valence-corrected chi connectivity index (χ4v) is 2.38. The molecule has 2 N–H and O–H groups in total. The topological polar surface area (TPSA) is 75.6 Å². The minimum Gasteiger partial charge on any atom is -0.463 e. The van der Waals surface area contributed by atoms with Gasteiger partial charge in [-0.05, 0) is 25.3 Å². The minimum absolute atomic E-state index is 0.00157. The molecule has 1 aliphatic carbocycles. The van der Waals surface area contributed by atoms with Gasteiger partial charge in [0.15, 0.2) is 0 Å². The first-order valence-electron chi connectivity index (χ1n) is 8.20. The zero-order valence-electron chi connectivity index (χ0n) is 14.5. The summed E-state index contributed by atoms with van der Waals surface area (Å²) in [5, 5.41) is 12.6. The lowest BCUT2D eigenvalue weighted by atomic mass is 9.84. The first-order valence-corrected chi connectivity index (χ1v) is 8.20. The number of hydrogen-bond donors (Lipinski definition) is 2. The molecule has 0 unspecified atom stereocenters. The molecular formula is C17H31NO4. The molecule has 128 valence electrons. The van der Waals surface area contributed by atoms with Crippen molar-refractivity contribution in [2.75, 3.05) is 6.61 Å². The van der Waals surface area contributed by atoms with Crippen LogP contribution in [0.5, 0.6) is 0 Å². The fraction of sp³-hybridized carbons (Fsp3) is 0.765. The molecule has 0 heterocycles. The Balaban J connectivity index is 0.000000763. The molecule has 0 bridgehead atoms. The highest BCUT2D eigenvalue weighted by Gasteiger charge is 2.32. The zero-order valence-corrected chi connectivity index (χ0v) is 14.5. The van der Waals surface area contributed by atoms with Gasteiger partial charge in [-0.15, -0.1) is 0 Å². The Bertz CT molecular complexity index is 377.